The second-order valence-electron chi connectivity index (χ2n) is 4.41. The molecule has 2 aromatic heterocycles. The number of aryl methyl sites for hydroxylation is 2. The van der Waals surface area contributed by atoms with Gasteiger partial charge in [-0.3, -0.25) is 0 Å². The molecule has 1 aromatic carbocycles. The lowest BCUT2D eigenvalue weighted by molar-refractivity contribution is 0.0691. The predicted molar refractivity (Wildman–Crippen MR) is 71.2 cm³/mol. The summed E-state index contributed by atoms with van der Waals surface area (Å²) < 4.78 is 1.80. The van der Waals surface area contributed by atoms with Gasteiger partial charge >= 0.3 is 5.97 Å². The number of imidazole rings is 1. The van der Waals surface area contributed by atoms with Gasteiger partial charge in [0, 0.05) is 29.8 Å². The minimum atomic E-state index is -0.995. The Morgan fingerprint density at radius 3 is 3.00 bits per heavy atom. The molecule has 0 saturated heterocycles. The number of rotatable bonds is 4. The molecule has 0 amide bonds. The Hall–Kier alpha value is -2.56. The molecule has 2 N–H and O–H groups in total. The number of nitrogens with zero attached hydrogens (tertiary/aromatic N) is 2. The number of H-pyrrole nitrogens is 1. The van der Waals surface area contributed by atoms with Crippen molar-refractivity contribution in [2.45, 2.75) is 13.0 Å². The Balaban J connectivity index is 1.76. The molecule has 19 heavy (non-hydrogen) atoms. The van der Waals surface area contributed by atoms with Gasteiger partial charge in [0.25, 0.3) is 0 Å². The second-order valence-corrected chi connectivity index (χ2v) is 4.41. The van der Waals surface area contributed by atoms with E-state index in [4.69, 9.17) is 5.11 Å². The fourth-order valence-corrected chi connectivity index (χ4v) is 2.18. The molecule has 5 heteroatoms. The second kappa shape index (κ2) is 4.61. The minimum absolute atomic E-state index is 0.0823. The maximum absolute atomic E-state index is 10.7. The van der Waals surface area contributed by atoms with Crippen LogP contribution in [0.1, 0.15) is 16.1 Å². The maximum Gasteiger partial charge on any atom is 0.356 e. The van der Waals surface area contributed by atoms with Crippen LogP contribution in [0.2, 0.25) is 0 Å². The van der Waals surface area contributed by atoms with E-state index >= 15 is 0 Å². The Labute approximate surface area is 109 Å². The van der Waals surface area contributed by atoms with Crippen molar-refractivity contribution in [3.05, 3.63) is 54.2 Å². The number of aromatic nitrogens is 3. The average molecular weight is 255 g/mol. The SMILES string of the molecule is O=C(O)c1cn(CCc2c[nH]c3ccccc23)cn1. The van der Waals surface area contributed by atoms with Crippen LogP contribution < -0.4 is 0 Å². The molecule has 5 nitrogen and oxygen atoms in total. The summed E-state index contributed by atoms with van der Waals surface area (Å²) in [5.74, 6) is -0.995. The van der Waals surface area contributed by atoms with Crippen LogP contribution in [0, 0.1) is 0 Å². The van der Waals surface area contributed by atoms with E-state index in [-0.39, 0.29) is 5.69 Å². The van der Waals surface area contributed by atoms with Crippen LogP contribution in [0.25, 0.3) is 10.9 Å². The van der Waals surface area contributed by atoms with Crippen molar-refractivity contribution >= 4 is 16.9 Å². The Bertz CT molecular complexity index is 727. The summed E-state index contributed by atoms with van der Waals surface area (Å²) in [5, 5.41) is 10.0. The summed E-state index contributed by atoms with van der Waals surface area (Å²) in [6, 6.07) is 8.13. The number of hydrogen-bond acceptors (Lipinski definition) is 2. The van der Waals surface area contributed by atoms with Gasteiger partial charge in [-0.15, -0.1) is 0 Å². The first kappa shape index (κ1) is 11.5. The number of carboxylic acid groups (broad SMARTS) is 1. The van der Waals surface area contributed by atoms with Gasteiger partial charge in [-0.1, -0.05) is 18.2 Å². The lowest BCUT2D eigenvalue weighted by Crippen LogP contribution is -1.99. The largest absolute Gasteiger partial charge is 0.476 e. The monoisotopic (exact) mass is 255 g/mol. The highest BCUT2D eigenvalue weighted by molar-refractivity contribution is 5.85. The van der Waals surface area contributed by atoms with Crippen molar-refractivity contribution in [1.29, 1.82) is 0 Å². The Morgan fingerprint density at radius 2 is 2.21 bits per heavy atom. The number of carbonyl (C=O) groups is 1. The third-order valence-electron chi connectivity index (χ3n) is 3.17. The van der Waals surface area contributed by atoms with Crippen molar-refractivity contribution in [1.82, 2.24) is 14.5 Å². The molecule has 0 unspecified atom stereocenters. The standard InChI is InChI=1S/C14H13N3O2/c18-14(19)13-8-17(9-16-13)6-5-10-7-15-12-4-2-1-3-11(10)12/h1-4,7-9,15H,5-6H2,(H,18,19). The van der Waals surface area contributed by atoms with E-state index in [1.807, 2.05) is 24.4 Å². The van der Waals surface area contributed by atoms with Crippen LogP contribution in [0.15, 0.2) is 43.0 Å². The lowest BCUT2D eigenvalue weighted by Gasteiger charge is -2.01. The van der Waals surface area contributed by atoms with Gasteiger partial charge in [0.05, 0.1) is 6.33 Å². The summed E-state index contributed by atoms with van der Waals surface area (Å²) >= 11 is 0. The van der Waals surface area contributed by atoms with E-state index in [1.165, 1.54) is 10.9 Å². The van der Waals surface area contributed by atoms with Gasteiger partial charge in [-0.05, 0) is 18.1 Å². The van der Waals surface area contributed by atoms with Crippen LogP contribution in [-0.4, -0.2) is 25.6 Å². The average Bonchev–Trinajstić information content (AvgIpc) is 3.03. The number of aromatic carboxylic acids is 1. The van der Waals surface area contributed by atoms with Crippen molar-refractivity contribution < 1.29 is 9.90 Å². The molecule has 96 valence electrons. The number of nitrogens with one attached hydrogen (secondary N) is 1. The van der Waals surface area contributed by atoms with E-state index in [0.717, 1.165) is 11.9 Å². The summed E-state index contributed by atoms with van der Waals surface area (Å²) in [6.07, 6.45) is 5.94. The lowest BCUT2D eigenvalue weighted by atomic mass is 10.1. The molecule has 0 aliphatic carbocycles. The minimum Gasteiger partial charge on any atom is -0.476 e. The van der Waals surface area contributed by atoms with Gasteiger partial charge in [0.2, 0.25) is 0 Å². The first-order valence-electron chi connectivity index (χ1n) is 6.04. The summed E-state index contributed by atoms with van der Waals surface area (Å²) in [4.78, 5) is 17.8. The van der Waals surface area contributed by atoms with Crippen molar-refractivity contribution in [3.63, 3.8) is 0 Å². The van der Waals surface area contributed by atoms with E-state index < -0.39 is 5.97 Å². The smallest absolute Gasteiger partial charge is 0.356 e. The summed E-state index contributed by atoms with van der Waals surface area (Å²) in [6.45, 7) is 0.710. The van der Waals surface area contributed by atoms with Crippen LogP contribution in [0.5, 0.6) is 0 Å². The molecule has 0 atom stereocenters. The third kappa shape index (κ3) is 2.22. The van der Waals surface area contributed by atoms with Gasteiger partial charge in [-0.2, -0.15) is 0 Å². The molecule has 2 heterocycles. The highest BCUT2D eigenvalue weighted by atomic mass is 16.4. The molecule has 0 radical (unpaired) electrons. The van der Waals surface area contributed by atoms with Gasteiger partial charge in [0.15, 0.2) is 5.69 Å². The maximum atomic E-state index is 10.7. The third-order valence-corrected chi connectivity index (χ3v) is 3.17. The predicted octanol–water partition coefficient (Wildman–Crippen LogP) is 2.31. The van der Waals surface area contributed by atoms with E-state index in [1.54, 1.807) is 17.1 Å². The highest BCUT2D eigenvalue weighted by Gasteiger charge is 2.07. The number of benzene rings is 1. The van der Waals surface area contributed by atoms with Crippen LogP contribution >= 0.6 is 0 Å². The first-order valence-corrected chi connectivity index (χ1v) is 6.04. The van der Waals surface area contributed by atoms with Crippen LogP contribution in [0.3, 0.4) is 0 Å². The van der Waals surface area contributed by atoms with E-state index in [9.17, 15) is 4.79 Å². The normalized spacial score (nSPS) is 10.9. The fourth-order valence-electron chi connectivity index (χ4n) is 2.18. The fraction of sp³-hybridized carbons (Fsp3) is 0.143. The molecule has 0 aliphatic rings. The van der Waals surface area contributed by atoms with E-state index in [0.29, 0.717) is 6.54 Å². The van der Waals surface area contributed by atoms with Gasteiger partial charge < -0.3 is 14.7 Å². The number of carboxylic acids is 1. The van der Waals surface area contributed by atoms with Crippen molar-refractivity contribution in [2.75, 3.05) is 0 Å². The van der Waals surface area contributed by atoms with E-state index in [2.05, 4.69) is 16.0 Å². The van der Waals surface area contributed by atoms with Gasteiger partial charge in [-0.25, -0.2) is 9.78 Å². The Kier molecular flexibility index (Phi) is 2.79. The molecular formula is C14H13N3O2. The number of para-hydroxylation sites is 1. The zero-order valence-electron chi connectivity index (χ0n) is 10.2. The first-order chi connectivity index (χ1) is 9.24. The number of fused-ring (bicyclic) bond motifs is 1. The quantitative estimate of drug-likeness (QED) is 0.751. The topological polar surface area (TPSA) is 70.9 Å². The zero-order valence-corrected chi connectivity index (χ0v) is 10.2. The molecule has 0 spiro atoms. The van der Waals surface area contributed by atoms with Crippen molar-refractivity contribution in [2.24, 2.45) is 0 Å². The summed E-state index contributed by atoms with van der Waals surface area (Å²) in [5.41, 5.74) is 2.43. The molecule has 3 rings (SSSR count). The highest BCUT2D eigenvalue weighted by Crippen LogP contribution is 2.18. The summed E-state index contributed by atoms with van der Waals surface area (Å²) in [7, 11) is 0. The van der Waals surface area contributed by atoms with Crippen LogP contribution in [0.4, 0.5) is 0 Å². The van der Waals surface area contributed by atoms with Gasteiger partial charge in [0.1, 0.15) is 0 Å². The molecule has 3 aromatic rings. The number of aromatic amines is 1. The molecule has 0 bridgehead atoms. The van der Waals surface area contributed by atoms with Crippen molar-refractivity contribution in [3.8, 4) is 0 Å². The molecule has 0 fully saturated rings. The zero-order chi connectivity index (χ0) is 13.2. The molecule has 0 aliphatic heterocycles. The number of hydrogen-bond donors (Lipinski definition) is 2. The Morgan fingerprint density at radius 1 is 1.37 bits per heavy atom. The molecule has 0 saturated carbocycles. The molecular weight excluding hydrogens is 242 g/mol. The van der Waals surface area contributed by atoms with Crippen LogP contribution in [-0.2, 0) is 13.0 Å².